The standard InChI is InChI=1S/C18H11F6N3O4S/c1-8(28)5-13-25-16(32-27-13)26-15(29)11-7-12(30-14(11)17(19,20)21)9-3-2-4-10(6-9)31-18(22,23)24/h2-4,6-7H,5H2,1H3,(H,25,26,27,29). The molecule has 0 saturated heterocycles. The monoisotopic (exact) mass is 479 g/mol. The molecule has 0 aliphatic heterocycles. The molecule has 3 rings (SSSR count). The van der Waals surface area contributed by atoms with Crippen LogP contribution in [0.3, 0.4) is 0 Å². The molecule has 14 heteroatoms. The van der Waals surface area contributed by atoms with E-state index in [9.17, 15) is 35.9 Å². The van der Waals surface area contributed by atoms with E-state index in [1.165, 1.54) is 13.0 Å². The second kappa shape index (κ2) is 8.61. The van der Waals surface area contributed by atoms with Crippen LogP contribution in [0.2, 0.25) is 0 Å². The Bertz CT molecular complexity index is 1150. The Labute approximate surface area is 179 Å². The number of benzene rings is 1. The largest absolute Gasteiger partial charge is 0.573 e. The predicted molar refractivity (Wildman–Crippen MR) is 98.1 cm³/mol. The van der Waals surface area contributed by atoms with Crippen LogP contribution in [0.5, 0.6) is 5.75 Å². The lowest BCUT2D eigenvalue weighted by molar-refractivity contribution is -0.274. The van der Waals surface area contributed by atoms with Crippen LogP contribution in [0.15, 0.2) is 34.7 Å². The summed E-state index contributed by atoms with van der Waals surface area (Å²) < 4.78 is 89.8. The number of nitrogens with one attached hydrogen (secondary N) is 1. The van der Waals surface area contributed by atoms with Crippen LogP contribution in [0.4, 0.5) is 31.5 Å². The summed E-state index contributed by atoms with van der Waals surface area (Å²) in [5.74, 6) is -4.25. The van der Waals surface area contributed by atoms with Crippen LogP contribution in [-0.2, 0) is 17.4 Å². The molecule has 32 heavy (non-hydrogen) atoms. The minimum Gasteiger partial charge on any atom is -0.451 e. The van der Waals surface area contributed by atoms with Crippen molar-refractivity contribution in [2.45, 2.75) is 25.9 Å². The Morgan fingerprint density at radius 2 is 1.88 bits per heavy atom. The average molecular weight is 479 g/mol. The van der Waals surface area contributed by atoms with Crippen molar-refractivity contribution in [1.29, 1.82) is 0 Å². The zero-order valence-corrected chi connectivity index (χ0v) is 16.6. The zero-order chi connectivity index (χ0) is 23.7. The zero-order valence-electron chi connectivity index (χ0n) is 15.8. The molecule has 0 bridgehead atoms. The van der Waals surface area contributed by atoms with E-state index in [4.69, 9.17) is 4.42 Å². The molecule has 0 saturated carbocycles. The second-order valence-electron chi connectivity index (χ2n) is 6.28. The molecule has 0 radical (unpaired) electrons. The number of nitrogens with zero attached hydrogens (tertiary/aromatic N) is 2. The van der Waals surface area contributed by atoms with E-state index in [0.29, 0.717) is 11.5 Å². The first kappa shape index (κ1) is 23.2. The van der Waals surface area contributed by atoms with Crippen molar-refractivity contribution in [3.05, 3.63) is 47.5 Å². The van der Waals surface area contributed by atoms with Crippen LogP contribution < -0.4 is 10.1 Å². The maximum Gasteiger partial charge on any atom is 0.573 e. The van der Waals surface area contributed by atoms with E-state index >= 15 is 0 Å². The minimum absolute atomic E-state index is 0.0863. The number of Topliss-reactive ketones (excluding diaryl/α,β-unsaturated/α-hetero) is 1. The summed E-state index contributed by atoms with van der Waals surface area (Å²) in [7, 11) is 0. The Morgan fingerprint density at radius 1 is 1.16 bits per heavy atom. The highest BCUT2D eigenvalue weighted by atomic mass is 32.1. The molecular weight excluding hydrogens is 468 g/mol. The average Bonchev–Trinajstić information content (AvgIpc) is 3.27. The minimum atomic E-state index is -5.08. The molecule has 0 atom stereocenters. The van der Waals surface area contributed by atoms with Crippen LogP contribution in [0.1, 0.15) is 28.9 Å². The summed E-state index contributed by atoms with van der Waals surface area (Å²) in [5, 5.41) is 1.98. The number of furan rings is 1. The number of hydrogen-bond acceptors (Lipinski definition) is 7. The molecule has 1 amide bonds. The first-order valence-corrected chi connectivity index (χ1v) is 9.30. The number of ketones is 1. The van der Waals surface area contributed by atoms with Gasteiger partial charge in [0.1, 0.15) is 17.3 Å². The number of amides is 1. The van der Waals surface area contributed by atoms with Gasteiger partial charge in [-0.05, 0) is 25.1 Å². The van der Waals surface area contributed by atoms with E-state index in [1.54, 1.807) is 0 Å². The molecule has 0 fully saturated rings. The Hall–Kier alpha value is -3.42. The van der Waals surface area contributed by atoms with Gasteiger partial charge in [-0.1, -0.05) is 12.1 Å². The number of rotatable bonds is 6. The number of hydrogen-bond donors (Lipinski definition) is 1. The topological polar surface area (TPSA) is 94.3 Å². The van der Waals surface area contributed by atoms with Crippen molar-refractivity contribution in [3.63, 3.8) is 0 Å². The maximum absolute atomic E-state index is 13.4. The van der Waals surface area contributed by atoms with Crippen molar-refractivity contribution in [1.82, 2.24) is 9.36 Å². The lowest BCUT2D eigenvalue weighted by atomic mass is 10.1. The summed E-state index contributed by atoms with van der Waals surface area (Å²) in [5.41, 5.74) is -1.10. The van der Waals surface area contributed by atoms with Crippen LogP contribution in [-0.4, -0.2) is 27.4 Å². The van der Waals surface area contributed by atoms with Crippen LogP contribution in [0, 0.1) is 0 Å². The van der Waals surface area contributed by atoms with Gasteiger partial charge in [0, 0.05) is 17.1 Å². The van der Waals surface area contributed by atoms with E-state index < -0.39 is 41.3 Å². The fourth-order valence-electron chi connectivity index (χ4n) is 2.52. The number of carbonyl (C=O) groups is 2. The van der Waals surface area contributed by atoms with E-state index in [2.05, 4.69) is 19.4 Å². The molecule has 170 valence electrons. The third-order valence-corrected chi connectivity index (χ3v) is 4.35. The molecule has 0 aliphatic carbocycles. The fourth-order valence-corrected chi connectivity index (χ4v) is 3.10. The van der Waals surface area contributed by atoms with E-state index in [-0.39, 0.29) is 28.7 Å². The van der Waals surface area contributed by atoms with Crippen molar-refractivity contribution in [3.8, 4) is 17.1 Å². The second-order valence-corrected chi connectivity index (χ2v) is 7.03. The molecule has 2 heterocycles. The fraction of sp³-hybridized carbons (Fsp3) is 0.222. The van der Waals surface area contributed by atoms with Crippen LogP contribution in [0.25, 0.3) is 11.3 Å². The molecule has 0 spiro atoms. The first-order valence-electron chi connectivity index (χ1n) is 8.52. The number of halogens is 6. The Balaban J connectivity index is 1.92. The van der Waals surface area contributed by atoms with Crippen molar-refractivity contribution in [2.24, 2.45) is 0 Å². The van der Waals surface area contributed by atoms with Gasteiger partial charge >= 0.3 is 12.5 Å². The summed E-state index contributed by atoms with van der Waals surface area (Å²) in [6.07, 6.45) is -10.2. The summed E-state index contributed by atoms with van der Waals surface area (Å²) >= 11 is 0.658. The van der Waals surface area contributed by atoms with Crippen molar-refractivity contribution in [2.75, 3.05) is 5.32 Å². The SMILES string of the molecule is CC(=O)Cc1nsc(NC(=O)c2cc(-c3cccc(OC(F)(F)F)c3)oc2C(F)(F)F)n1. The van der Waals surface area contributed by atoms with Gasteiger partial charge in [0.2, 0.25) is 10.9 Å². The normalized spacial score (nSPS) is 12.0. The molecule has 0 aliphatic rings. The summed E-state index contributed by atoms with van der Waals surface area (Å²) in [4.78, 5) is 27.4. The van der Waals surface area contributed by atoms with Crippen LogP contribution >= 0.6 is 11.5 Å². The molecule has 3 aromatic rings. The van der Waals surface area contributed by atoms with E-state index in [0.717, 1.165) is 24.3 Å². The smallest absolute Gasteiger partial charge is 0.451 e. The van der Waals surface area contributed by atoms with Gasteiger partial charge in [-0.2, -0.15) is 17.5 Å². The predicted octanol–water partition coefficient (Wildman–Crippen LogP) is 5.10. The molecule has 7 nitrogen and oxygen atoms in total. The van der Waals surface area contributed by atoms with Crippen molar-refractivity contribution < 1.29 is 45.1 Å². The van der Waals surface area contributed by atoms with Crippen molar-refractivity contribution >= 4 is 28.4 Å². The van der Waals surface area contributed by atoms with Gasteiger partial charge in [0.05, 0.1) is 12.0 Å². The van der Waals surface area contributed by atoms with Gasteiger partial charge in [0.15, 0.2) is 5.82 Å². The number of anilines is 1. The lowest BCUT2D eigenvalue weighted by Gasteiger charge is -2.09. The van der Waals surface area contributed by atoms with E-state index in [1.807, 2.05) is 0 Å². The molecule has 1 aromatic carbocycles. The highest BCUT2D eigenvalue weighted by Crippen LogP contribution is 2.38. The Morgan fingerprint density at radius 3 is 2.50 bits per heavy atom. The highest BCUT2D eigenvalue weighted by Gasteiger charge is 2.41. The molecule has 0 unspecified atom stereocenters. The summed E-state index contributed by atoms with van der Waals surface area (Å²) in [6, 6.07) is 4.80. The summed E-state index contributed by atoms with van der Waals surface area (Å²) in [6.45, 7) is 1.29. The van der Waals surface area contributed by atoms with Gasteiger partial charge in [-0.3, -0.25) is 14.9 Å². The third kappa shape index (κ3) is 5.84. The van der Waals surface area contributed by atoms with Gasteiger partial charge < -0.3 is 9.15 Å². The Kier molecular flexibility index (Phi) is 6.25. The number of aromatic nitrogens is 2. The van der Waals surface area contributed by atoms with Gasteiger partial charge in [-0.25, -0.2) is 4.98 Å². The van der Waals surface area contributed by atoms with Gasteiger partial charge in [-0.15, -0.1) is 13.2 Å². The number of alkyl halides is 6. The highest BCUT2D eigenvalue weighted by molar-refractivity contribution is 7.09. The maximum atomic E-state index is 13.4. The molecule has 2 aromatic heterocycles. The number of ether oxygens (including phenoxy) is 1. The lowest BCUT2D eigenvalue weighted by Crippen LogP contribution is -2.17. The first-order chi connectivity index (χ1) is 14.8. The quantitative estimate of drug-likeness (QED) is 0.495. The molecular formula is C18H11F6N3O4S. The molecule has 1 N–H and O–H groups in total. The van der Waals surface area contributed by atoms with Gasteiger partial charge in [0.25, 0.3) is 5.91 Å². The third-order valence-electron chi connectivity index (χ3n) is 3.68. The number of carbonyl (C=O) groups excluding carboxylic acids is 2.